The molecule has 0 radical (unpaired) electrons. The molecule has 0 spiro atoms. The number of hydrogen-bond donors (Lipinski definition) is 0. The minimum Gasteiger partial charge on any atom is -0.486 e. The lowest BCUT2D eigenvalue weighted by molar-refractivity contribution is -0.113. The lowest BCUT2D eigenvalue weighted by atomic mass is 10.2. The molecule has 0 N–H and O–H groups in total. The molecule has 1 amide bonds. The molecular formula is C23H13Br2ClFNO2S2. The van der Waals surface area contributed by atoms with Crippen LogP contribution >= 0.6 is 67.4 Å². The molecule has 162 valence electrons. The van der Waals surface area contributed by atoms with Gasteiger partial charge in [-0.05, 0) is 86.0 Å². The molecule has 4 rings (SSSR count). The van der Waals surface area contributed by atoms with E-state index in [0.717, 1.165) is 5.56 Å². The second-order valence-corrected chi connectivity index (χ2v) is 10.5. The third-order valence-electron chi connectivity index (χ3n) is 4.53. The van der Waals surface area contributed by atoms with Crippen molar-refractivity contribution in [2.75, 3.05) is 4.90 Å². The van der Waals surface area contributed by atoms with Crippen LogP contribution in [0.1, 0.15) is 11.1 Å². The molecule has 0 bridgehead atoms. The zero-order valence-corrected chi connectivity index (χ0v) is 21.7. The van der Waals surface area contributed by atoms with E-state index in [4.69, 9.17) is 28.6 Å². The monoisotopic (exact) mass is 611 g/mol. The molecular weight excluding hydrogens is 601 g/mol. The average Bonchev–Trinajstić information content (AvgIpc) is 3.02. The van der Waals surface area contributed by atoms with Gasteiger partial charge in [0.2, 0.25) is 0 Å². The molecule has 0 unspecified atom stereocenters. The van der Waals surface area contributed by atoms with Crippen LogP contribution in [0.3, 0.4) is 0 Å². The highest BCUT2D eigenvalue weighted by molar-refractivity contribution is 9.11. The van der Waals surface area contributed by atoms with Crippen LogP contribution in [0.4, 0.5) is 10.1 Å². The first kappa shape index (κ1) is 23.4. The van der Waals surface area contributed by atoms with Gasteiger partial charge in [0.15, 0.2) is 4.32 Å². The highest BCUT2D eigenvalue weighted by Crippen LogP contribution is 2.39. The van der Waals surface area contributed by atoms with Crippen molar-refractivity contribution in [1.29, 1.82) is 0 Å². The summed E-state index contributed by atoms with van der Waals surface area (Å²) >= 11 is 19.6. The summed E-state index contributed by atoms with van der Waals surface area (Å²) in [5.41, 5.74) is 1.90. The van der Waals surface area contributed by atoms with E-state index in [0.29, 0.717) is 40.2 Å². The van der Waals surface area contributed by atoms with Crippen LogP contribution in [0.25, 0.3) is 6.08 Å². The topological polar surface area (TPSA) is 29.5 Å². The molecule has 1 fully saturated rings. The molecule has 3 nitrogen and oxygen atoms in total. The number of halogens is 4. The Balaban J connectivity index is 1.55. The molecule has 1 aliphatic heterocycles. The number of rotatable bonds is 5. The molecule has 1 aliphatic rings. The SMILES string of the molecule is O=C1/C(=C/c2cc(Br)c(OCc3ccccc3F)c(Br)c2)SC(=S)N1c1ccc(Cl)cc1. The zero-order valence-electron chi connectivity index (χ0n) is 16.2. The smallest absolute Gasteiger partial charge is 0.270 e. The summed E-state index contributed by atoms with van der Waals surface area (Å²) in [7, 11) is 0. The molecule has 0 saturated carbocycles. The summed E-state index contributed by atoms with van der Waals surface area (Å²) in [4.78, 5) is 15.0. The Labute approximate surface area is 215 Å². The minimum atomic E-state index is -0.320. The number of carbonyl (C=O) groups is 1. The number of ether oxygens (including phenoxy) is 1. The normalized spacial score (nSPS) is 15.0. The highest BCUT2D eigenvalue weighted by atomic mass is 79.9. The van der Waals surface area contributed by atoms with Crippen molar-refractivity contribution in [1.82, 2.24) is 0 Å². The first-order chi connectivity index (χ1) is 15.3. The highest BCUT2D eigenvalue weighted by Gasteiger charge is 2.33. The van der Waals surface area contributed by atoms with E-state index in [9.17, 15) is 9.18 Å². The van der Waals surface area contributed by atoms with Gasteiger partial charge >= 0.3 is 0 Å². The number of hydrogen-bond acceptors (Lipinski definition) is 4. The summed E-state index contributed by atoms with van der Waals surface area (Å²) < 4.78 is 21.5. The Kier molecular flexibility index (Phi) is 7.37. The van der Waals surface area contributed by atoms with E-state index in [-0.39, 0.29) is 18.3 Å². The predicted octanol–water partition coefficient (Wildman–Crippen LogP) is 7.99. The lowest BCUT2D eigenvalue weighted by Crippen LogP contribution is -2.27. The molecule has 1 saturated heterocycles. The Morgan fingerprint density at radius 1 is 1.09 bits per heavy atom. The van der Waals surface area contributed by atoms with Gasteiger partial charge in [0.25, 0.3) is 5.91 Å². The van der Waals surface area contributed by atoms with Crippen molar-refractivity contribution >= 4 is 89.4 Å². The van der Waals surface area contributed by atoms with Crippen molar-refractivity contribution in [3.63, 3.8) is 0 Å². The van der Waals surface area contributed by atoms with Crippen molar-refractivity contribution in [2.45, 2.75) is 6.61 Å². The largest absolute Gasteiger partial charge is 0.486 e. The van der Waals surface area contributed by atoms with E-state index in [1.54, 1.807) is 48.5 Å². The van der Waals surface area contributed by atoms with Crippen LogP contribution in [0, 0.1) is 5.82 Å². The van der Waals surface area contributed by atoms with Crippen LogP contribution in [-0.4, -0.2) is 10.2 Å². The van der Waals surface area contributed by atoms with E-state index < -0.39 is 0 Å². The molecule has 3 aromatic rings. The van der Waals surface area contributed by atoms with Crippen molar-refractivity contribution in [2.24, 2.45) is 0 Å². The number of thioether (sulfide) groups is 1. The second-order valence-electron chi connectivity index (χ2n) is 6.69. The summed E-state index contributed by atoms with van der Waals surface area (Å²) in [5, 5.41) is 0.585. The maximum absolute atomic E-state index is 13.9. The fourth-order valence-electron chi connectivity index (χ4n) is 3.00. The van der Waals surface area contributed by atoms with Crippen LogP contribution in [0.15, 0.2) is 74.5 Å². The number of carbonyl (C=O) groups excluding carboxylic acids is 1. The van der Waals surface area contributed by atoms with Gasteiger partial charge in [-0.2, -0.15) is 0 Å². The summed E-state index contributed by atoms with van der Waals surface area (Å²) in [5.74, 6) is 0.0210. The lowest BCUT2D eigenvalue weighted by Gasteiger charge is -2.14. The molecule has 0 aliphatic carbocycles. The number of anilines is 1. The maximum Gasteiger partial charge on any atom is 0.270 e. The van der Waals surface area contributed by atoms with E-state index in [1.165, 1.54) is 22.7 Å². The molecule has 1 heterocycles. The Bertz CT molecular complexity index is 1230. The first-order valence-electron chi connectivity index (χ1n) is 9.22. The van der Waals surface area contributed by atoms with Gasteiger partial charge in [0, 0.05) is 10.6 Å². The van der Waals surface area contributed by atoms with Gasteiger partial charge in [-0.25, -0.2) is 4.39 Å². The Hall–Kier alpha value is -1.71. The van der Waals surface area contributed by atoms with Crippen LogP contribution in [0.2, 0.25) is 5.02 Å². The number of benzene rings is 3. The first-order valence-corrected chi connectivity index (χ1v) is 12.4. The Morgan fingerprint density at radius 2 is 1.75 bits per heavy atom. The van der Waals surface area contributed by atoms with E-state index in [2.05, 4.69) is 31.9 Å². The van der Waals surface area contributed by atoms with Crippen molar-refractivity contribution in [3.05, 3.63) is 96.5 Å². The van der Waals surface area contributed by atoms with Gasteiger partial charge in [-0.15, -0.1) is 0 Å². The third-order valence-corrected chi connectivity index (χ3v) is 7.26. The van der Waals surface area contributed by atoms with Gasteiger partial charge in [-0.1, -0.05) is 53.8 Å². The minimum absolute atomic E-state index is 0.0863. The zero-order chi connectivity index (χ0) is 22.8. The standard InChI is InChI=1S/C23H13Br2ClFNO2S2/c24-17-9-13(10-18(25)21(17)30-12-14-3-1-2-4-19(14)27)11-20-22(29)28(23(31)32-20)16-7-5-15(26)6-8-16/h1-11H,12H2/b20-11-. The second kappa shape index (κ2) is 10.1. The van der Waals surface area contributed by atoms with Gasteiger partial charge < -0.3 is 4.74 Å². The van der Waals surface area contributed by atoms with Crippen LogP contribution in [-0.2, 0) is 11.4 Å². The van der Waals surface area contributed by atoms with E-state index in [1.807, 2.05) is 12.1 Å². The molecule has 0 atom stereocenters. The van der Waals surface area contributed by atoms with Gasteiger partial charge in [0.05, 0.1) is 19.5 Å². The molecule has 32 heavy (non-hydrogen) atoms. The fraction of sp³-hybridized carbons (Fsp3) is 0.0435. The number of thiocarbonyl (C=S) groups is 1. The summed E-state index contributed by atoms with van der Waals surface area (Å²) in [6, 6.07) is 17.1. The van der Waals surface area contributed by atoms with Gasteiger partial charge in [-0.3, -0.25) is 9.69 Å². The molecule has 3 aromatic carbocycles. The maximum atomic E-state index is 13.9. The van der Waals surface area contributed by atoms with Crippen LogP contribution < -0.4 is 9.64 Å². The fourth-order valence-corrected chi connectivity index (χ4v) is 5.87. The quantitative estimate of drug-likeness (QED) is 0.216. The number of nitrogens with zero attached hydrogens (tertiary/aromatic N) is 1. The summed E-state index contributed by atoms with van der Waals surface area (Å²) in [6.07, 6.45) is 1.77. The van der Waals surface area contributed by atoms with Gasteiger partial charge in [0.1, 0.15) is 18.2 Å². The van der Waals surface area contributed by atoms with E-state index >= 15 is 0 Å². The number of amides is 1. The Morgan fingerprint density at radius 3 is 2.41 bits per heavy atom. The predicted molar refractivity (Wildman–Crippen MR) is 140 cm³/mol. The summed E-state index contributed by atoms with van der Waals surface area (Å²) in [6.45, 7) is 0.0863. The average molecular weight is 614 g/mol. The molecule has 9 heteroatoms. The van der Waals surface area contributed by atoms with Crippen molar-refractivity contribution < 1.29 is 13.9 Å². The third kappa shape index (κ3) is 5.10. The molecule has 0 aromatic heterocycles. The van der Waals surface area contributed by atoms with Crippen LogP contribution in [0.5, 0.6) is 5.75 Å². The van der Waals surface area contributed by atoms with Crippen molar-refractivity contribution in [3.8, 4) is 5.75 Å².